The largest absolute Gasteiger partial charge is 0.322 e. The molecule has 1 aliphatic heterocycles. The lowest BCUT2D eigenvalue weighted by Crippen LogP contribution is -2.40. The highest BCUT2D eigenvalue weighted by Crippen LogP contribution is 2.33. The van der Waals surface area contributed by atoms with Crippen molar-refractivity contribution in [3.63, 3.8) is 0 Å². The average molecular weight is 490 g/mol. The van der Waals surface area contributed by atoms with E-state index in [0.717, 1.165) is 21.8 Å². The minimum atomic E-state index is -0.543. The summed E-state index contributed by atoms with van der Waals surface area (Å²) in [7, 11) is 0. The highest BCUT2D eigenvalue weighted by Gasteiger charge is 2.33. The Morgan fingerprint density at radius 1 is 1.18 bits per heavy atom. The molecule has 7 nitrogen and oxygen atoms in total. The van der Waals surface area contributed by atoms with Gasteiger partial charge in [-0.3, -0.25) is 18.8 Å². The summed E-state index contributed by atoms with van der Waals surface area (Å²) in [5.41, 5.74) is 3.47. The van der Waals surface area contributed by atoms with Crippen LogP contribution in [0.15, 0.2) is 75.1 Å². The zero-order valence-corrected chi connectivity index (χ0v) is 20.6. The third kappa shape index (κ3) is 3.86. The Kier molecular flexibility index (Phi) is 5.89. The number of aromatic nitrogens is 3. The number of thiazole rings is 1. The molecule has 34 heavy (non-hydrogen) atoms. The molecule has 3 aromatic heterocycles. The molecule has 0 spiro atoms. The van der Waals surface area contributed by atoms with E-state index in [9.17, 15) is 9.59 Å². The lowest BCUT2D eigenvalue weighted by Gasteiger charge is -2.24. The van der Waals surface area contributed by atoms with Crippen molar-refractivity contribution in [3.05, 3.63) is 101 Å². The lowest BCUT2D eigenvalue weighted by atomic mass is 10.0. The highest BCUT2D eigenvalue weighted by molar-refractivity contribution is 7.10. The van der Waals surface area contributed by atoms with Gasteiger partial charge in [-0.05, 0) is 56.0 Å². The van der Waals surface area contributed by atoms with E-state index < -0.39 is 6.04 Å². The molecule has 5 rings (SSSR count). The number of hydrogen-bond donors (Lipinski definition) is 1. The Morgan fingerprint density at radius 3 is 2.74 bits per heavy atom. The number of hydrogen-bond acceptors (Lipinski definition) is 6. The van der Waals surface area contributed by atoms with Crippen LogP contribution >= 0.6 is 22.7 Å². The van der Waals surface area contributed by atoms with Crippen molar-refractivity contribution in [2.24, 2.45) is 4.99 Å². The maximum absolute atomic E-state index is 13.6. The van der Waals surface area contributed by atoms with Gasteiger partial charge in [0, 0.05) is 23.3 Å². The van der Waals surface area contributed by atoms with E-state index >= 15 is 0 Å². The number of anilines is 1. The summed E-state index contributed by atoms with van der Waals surface area (Å²) in [6.45, 7) is 6.49. The maximum Gasteiger partial charge on any atom is 0.271 e. The summed E-state index contributed by atoms with van der Waals surface area (Å²) >= 11 is 2.85. The van der Waals surface area contributed by atoms with E-state index in [2.05, 4.69) is 15.4 Å². The molecule has 1 atom stereocenters. The number of aryl methyl sites for hydroxylation is 2. The van der Waals surface area contributed by atoms with Crippen LogP contribution in [0.3, 0.4) is 0 Å². The molecule has 0 saturated carbocycles. The average Bonchev–Trinajstić information content (AvgIpc) is 3.56. The molecule has 4 heterocycles. The van der Waals surface area contributed by atoms with E-state index in [1.807, 2.05) is 79.4 Å². The van der Waals surface area contributed by atoms with E-state index in [0.29, 0.717) is 27.1 Å². The SMILES string of the molecule is CCn1nccc1/C=c1/sc2n(c1=O)C(c1cccs1)C(C(=O)Nc1ccccc1C)=C(C)N=2. The molecule has 0 fully saturated rings. The quantitative estimate of drug-likeness (QED) is 0.466. The summed E-state index contributed by atoms with van der Waals surface area (Å²) in [5, 5.41) is 9.27. The van der Waals surface area contributed by atoms with Gasteiger partial charge in [-0.25, -0.2) is 4.99 Å². The number of carbonyl (C=O) groups is 1. The van der Waals surface area contributed by atoms with Gasteiger partial charge in [-0.2, -0.15) is 5.10 Å². The molecule has 1 aliphatic rings. The predicted octanol–water partition coefficient (Wildman–Crippen LogP) is 3.46. The topological polar surface area (TPSA) is 81.3 Å². The van der Waals surface area contributed by atoms with Crippen molar-refractivity contribution < 1.29 is 4.79 Å². The number of fused-ring (bicyclic) bond motifs is 1. The van der Waals surface area contributed by atoms with Crippen LogP contribution in [0.1, 0.15) is 36.0 Å². The predicted molar refractivity (Wildman–Crippen MR) is 136 cm³/mol. The Labute approximate surface area is 204 Å². The van der Waals surface area contributed by atoms with Crippen LogP contribution in [0.25, 0.3) is 6.08 Å². The van der Waals surface area contributed by atoms with Crippen molar-refractivity contribution in [2.45, 2.75) is 33.4 Å². The van der Waals surface area contributed by atoms with Crippen LogP contribution in [0.5, 0.6) is 0 Å². The fourth-order valence-corrected chi connectivity index (χ4v) is 5.95. The molecular formula is C25H23N5O2S2. The number of para-hydroxylation sites is 1. The molecule has 0 saturated heterocycles. The first-order valence-electron chi connectivity index (χ1n) is 10.9. The molecule has 172 valence electrons. The Bertz CT molecular complexity index is 1590. The maximum atomic E-state index is 13.6. The highest BCUT2D eigenvalue weighted by atomic mass is 32.1. The number of rotatable bonds is 5. The van der Waals surface area contributed by atoms with Crippen molar-refractivity contribution in [2.75, 3.05) is 5.32 Å². The summed E-state index contributed by atoms with van der Waals surface area (Å²) in [6, 6.07) is 12.9. The molecular weight excluding hydrogens is 466 g/mol. The van der Waals surface area contributed by atoms with Gasteiger partial charge < -0.3 is 5.32 Å². The Balaban J connectivity index is 1.66. The second-order valence-electron chi connectivity index (χ2n) is 7.94. The van der Waals surface area contributed by atoms with Gasteiger partial charge in [-0.1, -0.05) is 35.6 Å². The van der Waals surface area contributed by atoms with Crippen molar-refractivity contribution in [1.82, 2.24) is 14.3 Å². The van der Waals surface area contributed by atoms with Gasteiger partial charge in [0.15, 0.2) is 4.80 Å². The third-order valence-electron chi connectivity index (χ3n) is 5.80. The van der Waals surface area contributed by atoms with Gasteiger partial charge in [0.2, 0.25) is 0 Å². The first-order valence-corrected chi connectivity index (χ1v) is 12.6. The minimum absolute atomic E-state index is 0.167. The van der Waals surface area contributed by atoms with Crippen LogP contribution in [-0.2, 0) is 11.3 Å². The fraction of sp³-hybridized carbons (Fsp3) is 0.200. The molecule has 1 N–H and O–H groups in total. The van der Waals surface area contributed by atoms with E-state index in [4.69, 9.17) is 0 Å². The molecule has 9 heteroatoms. The summed E-state index contributed by atoms with van der Waals surface area (Å²) in [5.74, 6) is -0.257. The molecule has 0 bridgehead atoms. The minimum Gasteiger partial charge on any atom is -0.322 e. The van der Waals surface area contributed by atoms with E-state index in [1.54, 1.807) is 10.8 Å². The van der Waals surface area contributed by atoms with Gasteiger partial charge >= 0.3 is 0 Å². The number of thiophene rings is 1. The van der Waals surface area contributed by atoms with Gasteiger partial charge in [-0.15, -0.1) is 11.3 Å². The van der Waals surface area contributed by atoms with Gasteiger partial charge in [0.1, 0.15) is 6.04 Å². The van der Waals surface area contributed by atoms with Crippen LogP contribution in [0.4, 0.5) is 5.69 Å². The standard InChI is InChI=1S/C25H23N5O2S2/c1-4-29-17(11-12-26-29)14-20-24(32)30-22(19-10-7-13-33-19)21(16(3)27-25(30)34-20)23(31)28-18-9-6-5-8-15(18)2/h5-14,22H,4H2,1-3H3,(H,28,31)/b20-14+. The number of nitrogens with one attached hydrogen (secondary N) is 1. The van der Waals surface area contributed by atoms with E-state index in [-0.39, 0.29) is 11.5 Å². The second-order valence-corrected chi connectivity index (χ2v) is 9.93. The Morgan fingerprint density at radius 2 is 2.00 bits per heavy atom. The molecule has 0 radical (unpaired) electrons. The number of carbonyl (C=O) groups excluding carboxylic acids is 1. The Hall–Kier alpha value is -3.56. The summed E-state index contributed by atoms with van der Waals surface area (Å²) < 4.78 is 4.04. The molecule has 1 aromatic carbocycles. The van der Waals surface area contributed by atoms with Crippen LogP contribution in [0, 0.1) is 6.92 Å². The first kappa shape index (κ1) is 22.2. The smallest absolute Gasteiger partial charge is 0.271 e. The summed E-state index contributed by atoms with van der Waals surface area (Å²) in [6.07, 6.45) is 3.57. The van der Waals surface area contributed by atoms with Crippen LogP contribution in [0.2, 0.25) is 0 Å². The van der Waals surface area contributed by atoms with Crippen molar-refractivity contribution in [3.8, 4) is 0 Å². The van der Waals surface area contributed by atoms with Crippen molar-refractivity contribution >= 4 is 40.3 Å². The van der Waals surface area contributed by atoms with Crippen LogP contribution in [-0.4, -0.2) is 20.3 Å². The summed E-state index contributed by atoms with van der Waals surface area (Å²) in [4.78, 5) is 33.4. The molecule has 0 aliphatic carbocycles. The monoisotopic (exact) mass is 489 g/mol. The zero-order chi connectivity index (χ0) is 23.8. The van der Waals surface area contributed by atoms with Crippen molar-refractivity contribution in [1.29, 1.82) is 0 Å². The molecule has 4 aromatic rings. The third-order valence-corrected chi connectivity index (χ3v) is 7.71. The molecule has 1 unspecified atom stereocenters. The normalized spacial score (nSPS) is 15.9. The number of amides is 1. The molecule has 1 amide bonds. The van der Waals surface area contributed by atoms with Gasteiger partial charge in [0.25, 0.3) is 11.5 Å². The zero-order valence-electron chi connectivity index (χ0n) is 19.0. The lowest BCUT2D eigenvalue weighted by molar-refractivity contribution is -0.113. The number of allylic oxidation sites excluding steroid dienone is 1. The first-order chi connectivity index (χ1) is 16.5. The fourth-order valence-electron chi connectivity index (χ4n) is 4.09. The number of nitrogens with zero attached hydrogens (tertiary/aromatic N) is 4. The second kappa shape index (κ2) is 9.00. The van der Waals surface area contributed by atoms with E-state index in [1.165, 1.54) is 22.7 Å². The van der Waals surface area contributed by atoms with Crippen LogP contribution < -0.4 is 20.2 Å². The number of benzene rings is 1. The van der Waals surface area contributed by atoms with Gasteiger partial charge in [0.05, 0.1) is 21.5 Å².